The molecule has 0 saturated carbocycles. The first-order chi connectivity index (χ1) is 20.0. The maximum absolute atomic E-state index is 13.1. The monoisotopic (exact) mass is 572 g/mol. The quantitative estimate of drug-likeness (QED) is 0.270. The number of carbonyl (C=O) groups is 2. The van der Waals surface area contributed by atoms with Gasteiger partial charge >= 0.3 is 6.09 Å². The second-order valence-corrected chi connectivity index (χ2v) is 9.95. The topological polar surface area (TPSA) is 136 Å². The number of anilines is 2. The van der Waals surface area contributed by atoms with Crippen LogP contribution in [0, 0.1) is 0 Å². The van der Waals surface area contributed by atoms with Crippen molar-refractivity contribution in [2.45, 2.75) is 31.7 Å². The van der Waals surface area contributed by atoms with Crippen molar-refractivity contribution < 1.29 is 14.3 Å². The third-order valence-electron chi connectivity index (χ3n) is 6.73. The maximum Gasteiger partial charge on any atom is 0.411 e. The van der Waals surface area contributed by atoms with E-state index in [1.165, 1.54) is 24.2 Å². The van der Waals surface area contributed by atoms with Crippen molar-refractivity contribution in [2.75, 3.05) is 24.3 Å². The van der Waals surface area contributed by atoms with Crippen LogP contribution in [0.5, 0.6) is 0 Å². The van der Waals surface area contributed by atoms with Crippen LogP contribution in [0.2, 0.25) is 5.02 Å². The molecule has 2 amide bonds. The third-order valence-corrected chi connectivity index (χ3v) is 6.96. The molecule has 3 N–H and O–H groups in total. The van der Waals surface area contributed by atoms with E-state index in [4.69, 9.17) is 16.3 Å². The predicted molar refractivity (Wildman–Crippen MR) is 157 cm³/mol. The summed E-state index contributed by atoms with van der Waals surface area (Å²) >= 11 is 6.22. The predicted octanol–water partition coefficient (Wildman–Crippen LogP) is 5.41. The van der Waals surface area contributed by atoms with Crippen LogP contribution in [-0.2, 0) is 9.53 Å². The highest BCUT2D eigenvalue weighted by atomic mass is 35.5. The number of pyridine rings is 1. The van der Waals surface area contributed by atoms with Gasteiger partial charge in [0, 0.05) is 58.1 Å². The Morgan fingerprint density at radius 1 is 1.12 bits per heavy atom. The molecule has 2 bridgehead atoms. The number of ether oxygens (including phenoxy) is 1. The Hall–Kier alpha value is -4.77. The van der Waals surface area contributed by atoms with Gasteiger partial charge in [0.1, 0.15) is 6.33 Å². The molecule has 1 aliphatic heterocycles. The van der Waals surface area contributed by atoms with Crippen molar-refractivity contribution in [2.24, 2.45) is 0 Å². The maximum atomic E-state index is 13.1. The fourth-order valence-corrected chi connectivity index (χ4v) is 4.88. The van der Waals surface area contributed by atoms with E-state index in [0.29, 0.717) is 22.0 Å². The van der Waals surface area contributed by atoms with E-state index < -0.39 is 6.09 Å². The van der Waals surface area contributed by atoms with E-state index in [1.807, 2.05) is 24.3 Å². The number of hydrogen-bond donors (Lipinski definition) is 3. The molecule has 0 saturated heterocycles. The van der Waals surface area contributed by atoms with Crippen molar-refractivity contribution in [3.63, 3.8) is 0 Å². The molecule has 1 unspecified atom stereocenters. The summed E-state index contributed by atoms with van der Waals surface area (Å²) in [4.78, 5) is 29.3. The number of amides is 2. The summed E-state index contributed by atoms with van der Waals surface area (Å²) in [6.45, 7) is 0.769. The van der Waals surface area contributed by atoms with Gasteiger partial charge in [0.05, 0.1) is 18.8 Å². The molecule has 0 radical (unpaired) electrons. The molecule has 0 spiro atoms. The van der Waals surface area contributed by atoms with E-state index in [0.717, 1.165) is 54.6 Å². The standard InChI is InChI=1S/C29H29ClN8O3/c1-41-29(40)34-23-8-9-24-20-13-21(17-31-16-20)25(5-3-2-4-12-32-26(24)15-23)35-28(39)11-6-19-14-22(30)7-10-27(19)38-18-33-36-37-38/h6-11,13-18,25,32H,2-5,12H2,1H3,(H,34,40)(H,35,39). The van der Waals surface area contributed by atoms with Crippen LogP contribution < -0.4 is 16.0 Å². The number of nitrogens with zero attached hydrogens (tertiary/aromatic N) is 5. The van der Waals surface area contributed by atoms with Gasteiger partial charge < -0.3 is 15.4 Å². The molecular formula is C29H29ClN8O3. The lowest BCUT2D eigenvalue weighted by Gasteiger charge is -2.21. The van der Waals surface area contributed by atoms with Crippen molar-refractivity contribution in [1.82, 2.24) is 30.5 Å². The highest BCUT2D eigenvalue weighted by molar-refractivity contribution is 6.30. The van der Waals surface area contributed by atoms with Gasteiger partial charge in [-0.25, -0.2) is 4.79 Å². The van der Waals surface area contributed by atoms with E-state index in [-0.39, 0.29) is 11.9 Å². The highest BCUT2D eigenvalue weighted by Gasteiger charge is 2.17. The van der Waals surface area contributed by atoms with Gasteiger partial charge in [-0.05, 0) is 71.3 Å². The number of hydrogen-bond acceptors (Lipinski definition) is 8. The van der Waals surface area contributed by atoms with E-state index in [2.05, 4.69) is 36.5 Å². The Balaban J connectivity index is 1.39. The number of nitrogens with one attached hydrogen (secondary N) is 3. The molecule has 2 aromatic heterocycles. The molecule has 0 aliphatic carbocycles. The Bertz CT molecular complexity index is 1560. The molecule has 210 valence electrons. The van der Waals surface area contributed by atoms with Crippen LogP contribution in [0.3, 0.4) is 0 Å². The number of tetrazole rings is 1. The molecule has 3 heterocycles. The van der Waals surface area contributed by atoms with Gasteiger partial charge in [-0.1, -0.05) is 30.5 Å². The SMILES string of the molecule is COC(=O)Nc1ccc2c(c1)NCCCCCC(NC(=O)C=Cc1cc(Cl)ccc1-n1cnnn1)c1cncc-2c1. The number of aromatic nitrogens is 5. The minimum Gasteiger partial charge on any atom is -0.453 e. The van der Waals surface area contributed by atoms with Crippen LogP contribution in [0.15, 0.2) is 67.3 Å². The second kappa shape index (κ2) is 13.1. The normalized spacial score (nSPS) is 15.1. The first kappa shape index (κ1) is 27.8. The lowest BCUT2D eigenvalue weighted by atomic mass is 9.96. The van der Waals surface area contributed by atoms with Gasteiger partial charge in [-0.3, -0.25) is 15.1 Å². The van der Waals surface area contributed by atoms with Gasteiger partial charge in [-0.2, -0.15) is 4.68 Å². The third kappa shape index (κ3) is 7.06. The molecule has 0 fully saturated rings. The smallest absolute Gasteiger partial charge is 0.411 e. The summed E-state index contributed by atoms with van der Waals surface area (Å²) in [5, 5.41) is 21.2. The van der Waals surface area contributed by atoms with Gasteiger partial charge in [0.25, 0.3) is 0 Å². The highest BCUT2D eigenvalue weighted by Crippen LogP contribution is 2.33. The summed E-state index contributed by atoms with van der Waals surface area (Å²) < 4.78 is 6.24. The molecule has 5 rings (SSSR count). The second-order valence-electron chi connectivity index (χ2n) is 9.51. The Morgan fingerprint density at radius 3 is 2.85 bits per heavy atom. The van der Waals surface area contributed by atoms with Crippen molar-refractivity contribution in [3.8, 4) is 16.8 Å². The number of rotatable bonds is 5. The van der Waals surface area contributed by atoms with Crippen LogP contribution >= 0.6 is 11.6 Å². The Kier molecular flexibility index (Phi) is 8.85. The summed E-state index contributed by atoms with van der Waals surface area (Å²) in [6, 6.07) is 12.7. The number of carbonyl (C=O) groups excluding carboxylic acids is 2. The molecule has 2 aromatic carbocycles. The lowest BCUT2D eigenvalue weighted by Crippen LogP contribution is -2.27. The average Bonchev–Trinajstić information content (AvgIpc) is 3.52. The number of halogens is 1. The summed E-state index contributed by atoms with van der Waals surface area (Å²) in [5.41, 5.74) is 5.65. The largest absolute Gasteiger partial charge is 0.453 e. The fourth-order valence-electron chi connectivity index (χ4n) is 4.70. The molecule has 4 aromatic rings. The minimum atomic E-state index is -0.531. The fraction of sp³-hybridized carbons (Fsp3) is 0.241. The van der Waals surface area contributed by atoms with Crippen molar-refractivity contribution >= 4 is 41.1 Å². The molecule has 1 atom stereocenters. The van der Waals surface area contributed by atoms with Gasteiger partial charge in [0.2, 0.25) is 5.91 Å². The summed E-state index contributed by atoms with van der Waals surface area (Å²) in [6.07, 6.45) is 11.4. The Labute approximate surface area is 242 Å². The van der Waals surface area contributed by atoms with Gasteiger partial charge in [-0.15, -0.1) is 5.10 Å². The number of fused-ring (bicyclic) bond motifs is 4. The first-order valence-electron chi connectivity index (χ1n) is 13.2. The molecule has 12 heteroatoms. The number of methoxy groups -OCH3 is 1. The van der Waals surface area contributed by atoms with Crippen molar-refractivity contribution in [3.05, 3.63) is 83.4 Å². The van der Waals surface area contributed by atoms with Gasteiger partial charge in [0.15, 0.2) is 0 Å². The zero-order valence-corrected chi connectivity index (χ0v) is 23.1. The summed E-state index contributed by atoms with van der Waals surface area (Å²) in [5.74, 6) is -0.240. The minimum absolute atomic E-state index is 0.228. The van der Waals surface area contributed by atoms with Crippen LogP contribution in [-0.4, -0.2) is 50.8 Å². The van der Waals surface area contributed by atoms with Crippen molar-refractivity contribution in [1.29, 1.82) is 0 Å². The first-order valence-corrected chi connectivity index (χ1v) is 13.6. The number of benzene rings is 2. The molecule has 1 aliphatic rings. The zero-order valence-electron chi connectivity index (χ0n) is 22.4. The van der Waals surface area contributed by atoms with E-state index in [9.17, 15) is 9.59 Å². The lowest BCUT2D eigenvalue weighted by molar-refractivity contribution is -0.117. The van der Waals surface area contributed by atoms with Crippen LogP contribution in [0.25, 0.3) is 22.9 Å². The zero-order chi connectivity index (χ0) is 28.6. The molecule has 11 nitrogen and oxygen atoms in total. The van der Waals surface area contributed by atoms with Crippen LogP contribution in [0.4, 0.5) is 16.2 Å². The molecule has 41 heavy (non-hydrogen) atoms. The van der Waals surface area contributed by atoms with E-state index in [1.54, 1.807) is 36.7 Å². The van der Waals surface area contributed by atoms with Crippen LogP contribution in [0.1, 0.15) is 42.9 Å². The molecular weight excluding hydrogens is 544 g/mol. The average molecular weight is 573 g/mol. The van der Waals surface area contributed by atoms with E-state index >= 15 is 0 Å². The summed E-state index contributed by atoms with van der Waals surface area (Å²) in [7, 11) is 1.33. The Morgan fingerprint density at radius 2 is 2.02 bits per heavy atom.